The van der Waals surface area contributed by atoms with Crippen LogP contribution in [0.25, 0.3) is 11.3 Å². The van der Waals surface area contributed by atoms with Crippen LogP contribution in [0.2, 0.25) is 0 Å². The van der Waals surface area contributed by atoms with Crippen molar-refractivity contribution in [2.45, 2.75) is 18.9 Å². The normalized spacial score (nSPS) is 18.5. The van der Waals surface area contributed by atoms with Gasteiger partial charge in [-0.15, -0.1) is 0 Å². The van der Waals surface area contributed by atoms with Crippen molar-refractivity contribution in [1.82, 2.24) is 15.0 Å². The smallest absolute Gasteiger partial charge is 0.228 e. The fraction of sp³-hybridized carbons (Fsp3) is 0.526. The highest BCUT2D eigenvalue weighted by molar-refractivity contribution is 5.65. The molecule has 2 aromatic rings. The third-order valence-electron chi connectivity index (χ3n) is 5.18. The van der Waals surface area contributed by atoms with Crippen LogP contribution in [0.15, 0.2) is 24.4 Å². The lowest BCUT2D eigenvalue weighted by Crippen LogP contribution is -2.39. The Morgan fingerprint density at radius 3 is 2.52 bits per heavy atom. The Labute approximate surface area is 159 Å². The van der Waals surface area contributed by atoms with Crippen LogP contribution in [0.5, 0.6) is 0 Å². The largest absolute Gasteiger partial charge is 0.384 e. The Bertz CT molecular complexity index is 757. The van der Waals surface area contributed by atoms with E-state index < -0.39 is 0 Å². The van der Waals surface area contributed by atoms with Gasteiger partial charge in [-0.05, 0) is 25.0 Å². The van der Waals surface area contributed by atoms with Crippen molar-refractivity contribution in [2.75, 3.05) is 62.1 Å². The molecule has 0 atom stereocenters. The van der Waals surface area contributed by atoms with Crippen LogP contribution in [0.4, 0.5) is 17.6 Å². The number of nitrogen functional groups attached to an aromatic ring is 1. The summed E-state index contributed by atoms with van der Waals surface area (Å²) in [6.45, 7) is 4.58. The third kappa shape index (κ3) is 4.12. The Kier molecular flexibility index (Phi) is 5.35. The van der Waals surface area contributed by atoms with Crippen molar-refractivity contribution in [3.8, 4) is 11.3 Å². The molecule has 0 radical (unpaired) electrons. The summed E-state index contributed by atoms with van der Waals surface area (Å²) in [5.41, 5.74) is 7.53. The number of anilines is 3. The fourth-order valence-electron chi connectivity index (χ4n) is 3.47. The van der Waals surface area contributed by atoms with Crippen molar-refractivity contribution in [3.63, 3.8) is 0 Å². The molecule has 144 valence electrons. The number of hydrogen-bond acceptors (Lipinski definition) is 8. The predicted molar refractivity (Wildman–Crippen MR) is 105 cm³/mol. The number of pyridine rings is 1. The number of ether oxygens (including phenoxy) is 2. The second kappa shape index (κ2) is 8.06. The highest BCUT2D eigenvalue weighted by atomic mass is 16.5. The lowest BCUT2D eigenvalue weighted by Gasteiger charge is -2.33. The van der Waals surface area contributed by atoms with Crippen LogP contribution in [0, 0.1) is 0 Å². The number of hydrogen-bond donors (Lipinski definition) is 1. The zero-order chi connectivity index (χ0) is 18.6. The third-order valence-corrected chi connectivity index (χ3v) is 5.18. The summed E-state index contributed by atoms with van der Waals surface area (Å²) in [5.74, 6) is 2.16. The second-order valence-corrected chi connectivity index (χ2v) is 6.94. The minimum absolute atomic E-state index is 0.420. The van der Waals surface area contributed by atoms with Gasteiger partial charge in [-0.1, -0.05) is 0 Å². The number of rotatable bonds is 4. The maximum absolute atomic E-state index is 5.74. The molecule has 27 heavy (non-hydrogen) atoms. The number of aromatic nitrogens is 3. The molecule has 0 unspecified atom stereocenters. The highest BCUT2D eigenvalue weighted by Gasteiger charge is 2.23. The van der Waals surface area contributed by atoms with Gasteiger partial charge in [0, 0.05) is 57.2 Å². The Hall–Kier alpha value is -2.45. The van der Waals surface area contributed by atoms with Crippen molar-refractivity contribution in [1.29, 1.82) is 0 Å². The summed E-state index contributed by atoms with van der Waals surface area (Å²) < 4.78 is 11.0. The molecule has 2 N–H and O–H groups in total. The topological polar surface area (TPSA) is 89.6 Å². The molecule has 2 aliphatic rings. The quantitative estimate of drug-likeness (QED) is 0.867. The predicted octanol–water partition coefficient (Wildman–Crippen LogP) is 1.57. The van der Waals surface area contributed by atoms with E-state index in [1.54, 1.807) is 12.3 Å². The van der Waals surface area contributed by atoms with Crippen molar-refractivity contribution >= 4 is 17.6 Å². The van der Waals surface area contributed by atoms with E-state index in [1.807, 2.05) is 12.1 Å². The molecule has 0 aliphatic carbocycles. The van der Waals surface area contributed by atoms with E-state index in [0.717, 1.165) is 62.2 Å². The molecule has 4 rings (SSSR count). The van der Waals surface area contributed by atoms with Gasteiger partial charge in [-0.25, -0.2) is 9.97 Å². The Morgan fingerprint density at radius 2 is 1.81 bits per heavy atom. The van der Waals surface area contributed by atoms with Crippen LogP contribution in [0.3, 0.4) is 0 Å². The number of nitrogens with zero attached hydrogens (tertiary/aromatic N) is 5. The first kappa shape index (κ1) is 17.9. The van der Waals surface area contributed by atoms with Crippen LogP contribution in [-0.4, -0.2) is 67.6 Å². The molecule has 0 saturated carbocycles. The van der Waals surface area contributed by atoms with Gasteiger partial charge in [-0.3, -0.25) is 0 Å². The maximum Gasteiger partial charge on any atom is 0.228 e. The van der Waals surface area contributed by atoms with Crippen LogP contribution >= 0.6 is 0 Å². The van der Waals surface area contributed by atoms with Crippen LogP contribution in [-0.2, 0) is 9.47 Å². The average molecular weight is 370 g/mol. The van der Waals surface area contributed by atoms with E-state index in [1.165, 1.54) is 0 Å². The summed E-state index contributed by atoms with van der Waals surface area (Å²) >= 11 is 0. The Balaban J connectivity index is 1.70. The molecule has 0 bridgehead atoms. The minimum atomic E-state index is 0.420. The van der Waals surface area contributed by atoms with Gasteiger partial charge in [0.25, 0.3) is 0 Å². The van der Waals surface area contributed by atoms with Crippen LogP contribution < -0.4 is 15.5 Å². The fourth-order valence-corrected chi connectivity index (χ4v) is 3.47. The summed E-state index contributed by atoms with van der Waals surface area (Å²) in [7, 11) is 2.10. The molecule has 2 aliphatic heterocycles. The van der Waals surface area contributed by atoms with Gasteiger partial charge in [-0.2, -0.15) is 4.98 Å². The van der Waals surface area contributed by atoms with Gasteiger partial charge in [0.1, 0.15) is 11.6 Å². The standard InChI is InChI=1S/C19H26N6O2/c1-24(15-4-8-26-9-5-15)18-12-16(14-2-3-17(20)21-13-14)22-19(23-18)25-6-10-27-11-7-25/h2-3,12-13,15H,4-11H2,1H3,(H2,20,21). The van der Waals surface area contributed by atoms with Gasteiger partial charge in [0.15, 0.2) is 0 Å². The zero-order valence-electron chi connectivity index (χ0n) is 15.7. The van der Waals surface area contributed by atoms with E-state index in [-0.39, 0.29) is 0 Å². The van der Waals surface area contributed by atoms with E-state index >= 15 is 0 Å². The first-order chi connectivity index (χ1) is 13.2. The van der Waals surface area contributed by atoms with Crippen molar-refractivity contribution < 1.29 is 9.47 Å². The first-order valence-electron chi connectivity index (χ1n) is 9.45. The monoisotopic (exact) mass is 370 g/mol. The van der Waals surface area contributed by atoms with Crippen molar-refractivity contribution in [2.24, 2.45) is 0 Å². The van der Waals surface area contributed by atoms with Crippen molar-refractivity contribution in [3.05, 3.63) is 24.4 Å². The summed E-state index contributed by atoms with van der Waals surface area (Å²) in [4.78, 5) is 18.3. The van der Waals surface area contributed by atoms with E-state index in [2.05, 4.69) is 21.8 Å². The molecule has 8 nitrogen and oxygen atoms in total. The molecule has 2 fully saturated rings. The molecule has 0 spiro atoms. The molecule has 4 heterocycles. The molecular weight excluding hydrogens is 344 g/mol. The van der Waals surface area contributed by atoms with Crippen LogP contribution in [0.1, 0.15) is 12.8 Å². The van der Waals surface area contributed by atoms with E-state index in [4.69, 9.17) is 25.2 Å². The van der Waals surface area contributed by atoms with Gasteiger partial charge in [0.05, 0.1) is 18.9 Å². The number of nitrogens with two attached hydrogens (primary N) is 1. The highest BCUT2D eigenvalue weighted by Crippen LogP contribution is 2.27. The minimum Gasteiger partial charge on any atom is -0.384 e. The zero-order valence-corrected chi connectivity index (χ0v) is 15.7. The van der Waals surface area contributed by atoms with Gasteiger partial charge in [0.2, 0.25) is 5.95 Å². The van der Waals surface area contributed by atoms with E-state index in [0.29, 0.717) is 25.1 Å². The first-order valence-corrected chi connectivity index (χ1v) is 9.45. The molecule has 0 aromatic carbocycles. The van der Waals surface area contributed by atoms with E-state index in [9.17, 15) is 0 Å². The second-order valence-electron chi connectivity index (χ2n) is 6.94. The lowest BCUT2D eigenvalue weighted by atomic mass is 10.1. The van der Waals surface area contributed by atoms with Gasteiger partial charge >= 0.3 is 0 Å². The number of morpholine rings is 1. The molecule has 8 heteroatoms. The summed E-state index contributed by atoms with van der Waals surface area (Å²) in [5, 5.41) is 0. The molecule has 2 aromatic heterocycles. The maximum atomic E-state index is 5.74. The molecule has 2 saturated heterocycles. The summed E-state index contributed by atoms with van der Waals surface area (Å²) in [6.07, 6.45) is 3.78. The lowest BCUT2D eigenvalue weighted by molar-refractivity contribution is 0.0853. The summed E-state index contributed by atoms with van der Waals surface area (Å²) in [6, 6.07) is 6.20. The Morgan fingerprint density at radius 1 is 1.07 bits per heavy atom. The van der Waals surface area contributed by atoms with Gasteiger partial charge < -0.3 is 25.0 Å². The molecule has 0 amide bonds. The molecular formula is C19H26N6O2. The SMILES string of the molecule is CN(c1cc(-c2ccc(N)nc2)nc(N2CCOCC2)n1)C1CCOCC1. The average Bonchev–Trinajstić information content (AvgIpc) is 2.74.